The summed E-state index contributed by atoms with van der Waals surface area (Å²) in [7, 11) is 1.22. The Balaban J connectivity index is 4.35. The molecule has 0 aliphatic carbocycles. The molecule has 3 atom stereocenters. The Kier molecular flexibility index (Phi) is 43.1. The molecular formula is C53H99N2O6P. The van der Waals surface area contributed by atoms with Crippen LogP contribution >= 0.6 is 7.82 Å². The predicted molar refractivity (Wildman–Crippen MR) is 265 cm³/mol. The van der Waals surface area contributed by atoms with Gasteiger partial charge >= 0.3 is 0 Å². The van der Waals surface area contributed by atoms with Gasteiger partial charge in [0, 0.05) is 6.42 Å². The molecule has 0 bridgehead atoms. The van der Waals surface area contributed by atoms with Gasteiger partial charge in [-0.05, 0) is 70.6 Å². The van der Waals surface area contributed by atoms with E-state index in [2.05, 4.69) is 67.8 Å². The monoisotopic (exact) mass is 891 g/mol. The second kappa shape index (κ2) is 44.4. The maximum atomic E-state index is 12.9. The molecule has 9 heteroatoms. The summed E-state index contributed by atoms with van der Waals surface area (Å²) in [5, 5.41) is 13.8. The molecule has 0 aliphatic heterocycles. The molecule has 0 aliphatic rings. The SMILES string of the molecule is CCCC/C=C\C/C=C\CCCCCCCC(=O)NC(COP(=O)([O-])OCC[N+](C)(C)C)C(O)/C=C/CC/C=C/CC/C=C/CCCCCCCCCCCCCCCCCC. The molecule has 0 radical (unpaired) electrons. The second-order valence-electron chi connectivity index (χ2n) is 18.5. The zero-order valence-corrected chi connectivity index (χ0v) is 42.0. The lowest BCUT2D eigenvalue weighted by atomic mass is 10.0. The van der Waals surface area contributed by atoms with Crippen molar-refractivity contribution in [1.29, 1.82) is 0 Å². The molecule has 0 saturated heterocycles. The fourth-order valence-corrected chi connectivity index (χ4v) is 7.81. The van der Waals surface area contributed by atoms with E-state index in [4.69, 9.17) is 9.05 Å². The van der Waals surface area contributed by atoms with Gasteiger partial charge in [-0.2, -0.15) is 0 Å². The van der Waals surface area contributed by atoms with Crippen LogP contribution in [0.3, 0.4) is 0 Å². The van der Waals surface area contributed by atoms with Crippen LogP contribution < -0.4 is 10.2 Å². The second-order valence-corrected chi connectivity index (χ2v) is 19.9. The number of rotatable bonds is 46. The Labute approximate surface area is 383 Å². The van der Waals surface area contributed by atoms with Crippen molar-refractivity contribution in [2.45, 2.75) is 231 Å². The van der Waals surface area contributed by atoms with Gasteiger partial charge in [-0.15, -0.1) is 0 Å². The Morgan fingerprint density at radius 2 is 0.968 bits per heavy atom. The molecule has 0 heterocycles. The number of nitrogens with one attached hydrogen (secondary N) is 1. The lowest BCUT2D eigenvalue weighted by Gasteiger charge is -2.29. The third kappa shape index (κ3) is 46.2. The van der Waals surface area contributed by atoms with Crippen LogP contribution in [0.15, 0.2) is 60.8 Å². The van der Waals surface area contributed by atoms with E-state index >= 15 is 0 Å². The number of carbonyl (C=O) groups is 1. The van der Waals surface area contributed by atoms with E-state index in [0.717, 1.165) is 70.6 Å². The summed E-state index contributed by atoms with van der Waals surface area (Å²) in [5.41, 5.74) is 0. The number of hydrogen-bond donors (Lipinski definition) is 2. The van der Waals surface area contributed by atoms with Crippen molar-refractivity contribution in [3.05, 3.63) is 60.8 Å². The van der Waals surface area contributed by atoms with Crippen molar-refractivity contribution in [2.75, 3.05) is 40.9 Å². The van der Waals surface area contributed by atoms with Crippen molar-refractivity contribution in [3.8, 4) is 0 Å². The number of hydrogen-bond acceptors (Lipinski definition) is 6. The van der Waals surface area contributed by atoms with Gasteiger partial charge in [0.2, 0.25) is 5.91 Å². The molecule has 0 rings (SSSR count). The number of nitrogens with zero attached hydrogens (tertiary/aromatic N) is 1. The standard InChI is InChI=1S/C53H99N2O6P/c1-6-8-10-12-14-16-18-20-22-23-24-25-26-27-28-29-30-31-32-33-34-36-38-40-42-44-46-52(56)51(50-61-62(58,59)60-49-48-55(3,4)5)54-53(57)47-45-43-41-39-37-35-21-19-17-15-13-11-9-7-2/h13,15,19,21,31-32,36,38,44,46,51-52,56H,6-12,14,16-18,20,22-30,33-35,37,39-43,45,47-50H2,1-5H3,(H-,54,57,58,59)/b15-13-,21-19-,32-31+,38-36+,46-44+. The average Bonchev–Trinajstić information content (AvgIpc) is 3.23. The van der Waals surface area contributed by atoms with Gasteiger partial charge in [-0.3, -0.25) is 9.36 Å². The number of aliphatic hydroxyl groups excluding tert-OH is 1. The number of aliphatic hydroxyl groups is 1. The molecule has 2 N–H and O–H groups in total. The van der Waals surface area contributed by atoms with Gasteiger partial charge in [0.1, 0.15) is 13.2 Å². The lowest BCUT2D eigenvalue weighted by Crippen LogP contribution is -2.45. The van der Waals surface area contributed by atoms with Gasteiger partial charge in [0.15, 0.2) is 0 Å². The van der Waals surface area contributed by atoms with Gasteiger partial charge < -0.3 is 28.8 Å². The van der Waals surface area contributed by atoms with Gasteiger partial charge in [-0.1, -0.05) is 203 Å². The number of allylic oxidation sites excluding steroid dienone is 9. The highest BCUT2D eigenvalue weighted by atomic mass is 31.2. The molecule has 0 aromatic carbocycles. The average molecular weight is 891 g/mol. The summed E-state index contributed by atoms with van der Waals surface area (Å²) < 4.78 is 23.2. The van der Waals surface area contributed by atoms with Crippen molar-refractivity contribution in [2.24, 2.45) is 0 Å². The van der Waals surface area contributed by atoms with E-state index < -0.39 is 26.6 Å². The highest BCUT2D eigenvalue weighted by molar-refractivity contribution is 7.45. The predicted octanol–water partition coefficient (Wildman–Crippen LogP) is 14.3. The van der Waals surface area contributed by atoms with E-state index in [-0.39, 0.29) is 12.5 Å². The Morgan fingerprint density at radius 1 is 0.565 bits per heavy atom. The molecule has 3 unspecified atom stereocenters. The van der Waals surface area contributed by atoms with E-state index in [0.29, 0.717) is 17.4 Å². The third-order valence-electron chi connectivity index (χ3n) is 11.2. The normalized spacial score (nSPS) is 14.6. The molecule has 0 spiro atoms. The summed E-state index contributed by atoms with van der Waals surface area (Å²) in [6.07, 6.45) is 58.7. The lowest BCUT2D eigenvalue weighted by molar-refractivity contribution is -0.870. The topological polar surface area (TPSA) is 108 Å². The van der Waals surface area contributed by atoms with E-state index in [1.165, 1.54) is 128 Å². The van der Waals surface area contributed by atoms with Gasteiger partial charge in [0.05, 0.1) is 39.9 Å². The van der Waals surface area contributed by atoms with Crippen LogP contribution in [0.25, 0.3) is 0 Å². The van der Waals surface area contributed by atoms with Crippen LogP contribution in [0.1, 0.15) is 219 Å². The summed E-state index contributed by atoms with van der Waals surface area (Å²) >= 11 is 0. The van der Waals surface area contributed by atoms with Crippen LogP contribution in [-0.2, 0) is 18.4 Å². The van der Waals surface area contributed by atoms with Gasteiger partial charge in [0.25, 0.3) is 7.82 Å². The third-order valence-corrected chi connectivity index (χ3v) is 12.1. The minimum atomic E-state index is -4.61. The quantitative estimate of drug-likeness (QED) is 0.0273. The molecule has 1 amide bonds. The first-order valence-electron chi connectivity index (χ1n) is 25.7. The minimum absolute atomic E-state index is 0.0140. The summed E-state index contributed by atoms with van der Waals surface area (Å²) in [6, 6.07) is -0.919. The maximum Gasteiger partial charge on any atom is 0.268 e. The zero-order valence-electron chi connectivity index (χ0n) is 41.1. The van der Waals surface area contributed by atoms with Crippen LogP contribution in [0, 0.1) is 0 Å². The Hall–Kier alpha value is -1.80. The summed E-state index contributed by atoms with van der Waals surface area (Å²) in [4.78, 5) is 25.3. The minimum Gasteiger partial charge on any atom is -0.756 e. The number of phosphoric ester groups is 1. The molecule has 62 heavy (non-hydrogen) atoms. The molecule has 0 aromatic heterocycles. The van der Waals surface area contributed by atoms with Crippen molar-refractivity contribution >= 4 is 13.7 Å². The van der Waals surface area contributed by atoms with E-state index in [1.807, 2.05) is 27.2 Å². The Morgan fingerprint density at radius 3 is 1.45 bits per heavy atom. The van der Waals surface area contributed by atoms with Crippen molar-refractivity contribution < 1.29 is 32.9 Å². The highest BCUT2D eigenvalue weighted by Crippen LogP contribution is 2.38. The van der Waals surface area contributed by atoms with Crippen molar-refractivity contribution in [1.82, 2.24) is 5.32 Å². The first-order chi connectivity index (χ1) is 30.0. The fourth-order valence-electron chi connectivity index (χ4n) is 7.08. The number of likely N-dealkylation sites (N-methyl/N-ethyl adjacent to an activating group) is 1. The number of carbonyl (C=O) groups excluding carboxylic acids is 1. The maximum absolute atomic E-state index is 12.9. The molecular weight excluding hydrogens is 792 g/mol. The van der Waals surface area contributed by atoms with Crippen LogP contribution in [-0.4, -0.2) is 68.5 Å². The number of phosphoric acid groups is 1. The van der Waals surface area contributed by atoms with Crippen LogP contribution in [0.4, 0.5) is 0 Å². The highest BCUT2D eigenvalue weighted by Gasteiger charge is 2.23. The molecule has 0 saturated carbocycles. The van der Waals surface area contributed by atoms with Crippen LogP contribution in [0.5, 0.6) is 0 Å². The molecule has 362 valence electrons. The number of quaternary nitrogens is 1. The zero-order chi connectivity index (χ0) is 45.7. The first-order valence-corrected chi connectivity index (χ1v) is 27.1. The number of amides is 1. The smallest absolute Gasteiger partial charge is 0.268 e. The van der Waals surface area contributed by atoms with Crippen molar-refractivity contribution in [3.63, 3.8) is 0 Å². The molecule has 0 aromatic rings. The molecule has 0 fully saturated rings. The molecule has 8 nitrogen and oxygen atoms in total. The Bertz CT molecular complexity index is 1190. The largest absolute Gasteiger partial charge is 0.756 e. The first kappa shape index (κ1) is 60.2. The fraction of sp³-hybridized carbons (Fsp3) is 0.792. The number of unbranched alkanes of at least 4 members (excludes halogenated alkanes) is 25. The summed E-state index contributed by atoms with van der Waals surface area (Å²) in [5.74, 6) is -0.227. The van der Waals surface area contributed by atoms with Crippen LogP contribution in [0.2, 0.25) is 0 Å². The van der Waals surface area contributed by atoms with E-state index in [9.17, 15) is 19.4 Å². The van der Waals surface area contributed by atoms with Gasteiger partial charge in [-0.25, -0.2) is 0 Å². The van der Waals surface area contributed by atoms with E-state index in [1.54, 1.807) is 6.08 Å². The summed E-state index contributed by atoms with van der Waals surface area (Å²) in [6.45, 7) is 4.57.